The molecule has 0 radical (unpaired) electrons. The minimum absolute atomic E-state index is 0.155. The molecule has 0 aliphatic heterocycles. The summed E-state index contributed by atoms with van der Waals surface area (Å²) in [6, 6.07) is 0. The molecule has 0 atom stereocenters. The first-order chi connectivity index (χ1) is 8.99. The molecule has 0 amide bonds. The standard InChI is InChI=1S/C15H33N5/c1-14(2,3)10-8-7-9-11-18-12(16)19-13(17)20-15(4,5)6/h7-11H2,1-6H3,(H5,16,17,18,19,20). The first-order valence-corrected chi connectivity index (χ1v) is 7.46. The first-order valence-electron chi connectivity index (χ1n) is 7.46. The molecule has 5 heteroatoms. The van der Waals surface area contributed by atoms with Gasteiger partial charge in [-0.2, -0.15) is 0 Å². The molecule has 0 aliphatic carbocycles. The van der Waals surface area contributed by atoms with Crippen LogP contribution < -0.4 is 16.0 Å². The molecule has 5 N–H and O–H groups in total. The maximum absolute atomic E-state index is 7.70. The van der Waals surface area contributed by atoms with Crippen molar-refractivity contribution in [3.8, 4) is 0 Å². The summed E-state index contributed by atoms with van der Waals surface area (Å²) < 4.78 is 0. The number of unbranched alkanes of at least 4 members (excludes halogenated alkanes) is 2. The van der Waals surface area contributed by atoms with Crippen molar-refractivity contribution in [2.75, 3.05) is 6.54 Å². The van der Waals surface area contributed by atoms with Gasteiger partial charge < -0.3 is 10.6 Å². The molecule has 0 aromatic heterocycles. The summed E-state index contributed by atoms with van der Waals surface area (Å²) in [6.45, 7) is 13.5. The molecule has 0 fully saturated rings. The van der Waals surface area contributed by atoms with Crippen molar-refractivity contribution in [3.05, 3.63) is 0 Å². The van der Waals surface area contributed by atoms with Crippen LogP contribution in [0.4, 0.5) is 0 Å². The lowest BCUT2D eigenvalue weighted by Gasteiger charge is -2.23. The van der Waals surface area contributed by atoms with E-state index in [4.69, 9.17) is 10.8 Å². The van der Waals surface area contributed by atoms with Crippen molar-refractivity contribution >= 4 is 11.9 Å². The van der Waals surface area contributed by atoms with Gasteiger partial charge in [0.1, 0.15) is 0 Å². The van der Waals surface area contributed by atoms with Gasteiger partial charge in [-0.25, -0.2) is 0 Å². The van der Waals surface area contributed by atoms with Crippen molar-refractivity contribution in [2.24, 2.45) is 5.41 Å². The second-order valence-corrected chi connectivity index (χ2v) is 7.55. The minimum Gasteiger partial charge on any atom is -0.356 e. The van der Waals surface area contributed by atoms with Gasteiger partial charge in [-0.1, -0.05) is 33.6 Å². The number of guanidine groups is 2. The fraction of sp³-hybridized carbons (Fsp3) is 0.867. The Hall–Kier alpha value is -1.26. The quantitative estimate of drug-likeness (QED) is 0.305. The Labute approximate surface area is 124 Å². The van der Waals surface area contributed by atoms with Gasteiger partial charge in [0.2, 0.25) is 0 Å². The first kappa shape index (κ1) is 18.7. The van der Waals surface area contributed by atoms with Crippen LogP contribution in [0.1, 0.15) is 67.2 Å². The predicted octanol–water partition coefficient (Wildman–Crippen LogP) is 3.03. The summed E-state index contributed by atoms with van der Waals surface area (Å²) >= 11 is 0. The Kier molecular flexibility index (Phi) is 7.61. The molecule has 5 nitrogen and oxygen atoms in total. The van der Waals surface area contributed by atoms with Gasteiger partial charge in [0.05, 0.1) is 0 Å². The van der Waals surface area contributed by atoms with Crippen LogP contribution in [0.2, 0.25) is 0 Å². The van der Waals surface area contributed by atoms with Gasteiger partial charge in [-0.3, -0.25) is 16.1 Å². The molecule has 0 spiro atoms. The molecule has 0 rings (SSSR count). The fourth-order valence-electron chi connectivity index (χ4n) is 1.75. The third-order valence-corrected chi connectivity index (χ3v) is 2.66. The molecule has 0 unspecified atom stereocenters. The lowest BCUT2D eigenvalue weighted by Crippen LogP contribution is -2.51. The third kappa shape index (κ3) is 13.2. The Morgan fingerprint density at radius 3 is 1.95 bits per heavy atom. The van der Waals surface area contributed by atoms with Crippen LogP contribution in [0.3, 0.4) is 0 Å². The van der Waals surface area contributed by atoms with Gasteiger partial charge in [0.25, 0.3) is 0 Å². The third-order valence-electron chi connectivity index (χ3n) is 2.66. The maximum atomic E-state index is 7.70. The Morgan fingerprint density at radius 1 is 0.850 bits per heavy atom. The summed E-state index contributed by atoms with van der Waals surface area (Å²) in [5.74, 6) is 0.338. The van der Waals surface area contributed by atoms with Crippen molar-refractivity contribution in [1.29, 1.82) is 10.8 Å². The Morgan fingerprint density at radius 2 is 1.45 bits per heavy atom. The lowest BCUT2D eigenvalue weighted by molar-refractivity contribution is 0.358. The Balaban J connectivity index is 3.62. The van der Waals surface area contributed by atoms with E-state index >= 15 is 0 Å². The number of rotatable bonds is 5. The molecule has 0 aliphatic rings. The molecular weight excluding hydrogens is 250 g/mol. The van der Waals surface area contributed by atoms with E-state index in [-0.39, 0.29) is 17.5 Å². The van der Waals surface area contributed by atoms with E-state index in [1.807, 2.05) is 20.8 Å². The molecule has 20 heavy (non-hydrogen) atoms. The van der Waals surface area contributed by atoms with Gasteiger partial charge in [0.15, 0.2) is 11.9 Å². The van der Waals surface area contributed by atoms with Crippen molar-refractivity contribution < 1.29 is 0 Å². The van der Waals surface area contributed by atoms with Gasteiger partial charge >= 0.3 is 0 Å². The fourth-order valence-corrected chi connectivity index (χ4v) is 1.75. The molecule has 118 valence electrons. The summed E-state index contributed by atoms with van der Waals surface area (Å²) in [4.78, 5) is 0. The SMILES string of the molecule is CC(C)(C)CCCCCNC(=N)NC(=N)NC(C)(C)C. The second kappa shape index (κ2) is 8.12. The van der Waals surface area contributed by atoms with Gasteiger partial charge in [-0.15, -0.1) is 0 Å². The summed E-state index contributed by atoms with van der Waals surface area (Å²) in [6.07, 6.45) is 4.70. The van der Waals surface area contributed by atoms with Crippen LogP contribution in [0, 0.1) is 16.2 Å². The summed E-state index contributed by atoms with van der Waals surface area (Å²) in [7, 11) is 0. The molecule has 0 saturated carbocycles. The average molecular weight is 283 g/mol. The predicted molar refractivity (Wildman–Crippen MR) is 87.4 cm³/mol. The highest BCUT2D eigenvalue weighted by Gasteiger charge is 2.11. The van der Waals surface area contributed by atoms with E-state index in [2.05, 4.69) is 36.7 Å². The van der Waals surface area contributed by atoms with Crippen molar-refractivity contribution in [2.45, 2.75) is 72.8 Å². The van der Waals surface area contributed by atoms with E-state index in [0.717, 1.165) is 13.0 Å². The summed E-state index contributed by atoms with van der Waals surface area (Å²) in [5.41, 5.74) is 0.243. The highest BCUT2D eigenvalue weighted by Crippen LogP contribution is 2.21. The maximum Gasteiger partial charge on any atom is 0.195 e. The van der Waals surface area contributed by atoms with Crippen LogP contribution in [-0.4, -0.2) is 24.0 Å². The van der Waals surface area contributed by atoms with Crippen LogP contribution >= 0.6 is 0 Å². The Bertz CT molecular complexity index is 309. The van der Waals surface area contributed by atoms with E-state index in [9.17, 15) is 0 Å². The van der Waals surface area contributed by atoms with Crippen LogP contribution in [-0.2, 0) is 0 Å². The smallest absolute Gasteiger partial charge is 0.195 e. The molecular formula is C15H33N5. The van der Waals surface area contributed by atoms with Crippen LogP contribution in [0.5, 0.6) is 0 Å². The van der Waals surface area contributed by atoms with E-state index in [1.165, 1.54) is 19.3 Å². The number of hydrogen-bond acceptors (Lipinski definition) is 2. The van der Waals surface area contributed by atoms with E-state index in [0.29, 0.717) is 5.41 Å². The highest BCUT2D eigenvalue weighted by molar-refractivity contribution is 5.95. The molecule has 0 saturated heterocycles. The number of hydrogen-bond donors (Lipinski definition) is 5. The van der Waals surface area contributed by atoms with E-state index in [1.54, 1.807) is 0 Å². The zero-order valence-electron chi connectivity index (χ0n) is 14.0. The molecule has 0 aromatic carbocycles. The largest absolute Gasteiger partial charge is 0.356 e. The van der Waals surface area contributed by atoms with Crippen molar-refractivity contribution in [3.63, 3.8) is 0 Å². The normalized spacial score (nSPS) is 11.9. The van der Waals surface area contributed by atoms with Gasteiger partial charge in [-0.05, 0) is 39.0 Å². The summed E-state index contributed by atoms with van der Waals surface area (Å²) in [5, 5.41) is 24.0. The zero-order valence-corrected chi connectivity index (χ0v) is 14.0. The topological polar surface area (TPSA) is 83.8 Å². The van der Waals surface area contributed by atoms with Crippen molar-refractivity contribution in [1.82, 2.24) is 16.0 Å². The van der Waals surface area contributed by atoms with Crippen LogP contribution in [0.25, 0.3) is 0 Å². The monoisotopic (exact) mass is 283 g/mol. The zero-order chi connectivity index (χ0) is 15.8. The molecule has 0 aromatic rings. The highest BCUT2D eigenvalue weighted by atomic mass is 15.2. The van der Waals surface area contributed by atoms with Gasteiger partial charge in [0, 0.05) is 12.1 Å². The molecule has 0 bridgehead atoms. The second-order valence-electron chi connectivity index (χ2n) is 7.55. The number of nitrogens with one attached hydrogen (secondary N) is 5. The van der Waals surface area contributed by atoms with Crippen LogP contribution in [0.15, 0.2) is 0 Å². The minimum atomic E-state index is -0.169. The average Bonchev–Trinajstić information content (AvgIpc) is 2.18. The van der Waals surface area contributed by atoms with E-state index < -0.39 is 0 Å². The lowest BCUT2D eigenvalue weighted by atomic mass is 9.89. The molecule has 0 heterocycles.